The number of hydrogen-bond acceptors (Lipinski definition) is 6. The molecule has 0 bridgehead atoms. The number of amides is 1. The zero-order valence-corrected chi connectivity index (χ0v) is 15.1. The molecule has 0 unspecified atom stereocenters. The first-order valence-electron chi connectivity index (χ1n) is 7.66. The molecule has 0 aromatic carbocycles. The summed E-state index contributed by atoms with van der Waals surface area (Å²) in [7, 11) is 0. The van der Waals surface area contributed by atoms with E-state index in [1.807, 2.05) is 37.4 Å². The third-order valence-electron chi connectivity index (χ3n) is 3.50. The highest BCUT2D eigenvalue weighted by Gasteiger charge is 2.25. The summed E-state index contributed by atoms with van der Waals surface area (Å²) >= 11 is 3.11. The second kappa shape index (κ2) is 7.72. The van der Waals surface area contributed by atoms with Gasteiger partial charge in [-0.2, -0.15) is 0 Å². The van der Waals surface area contributed by atoms with Crippen LogP contribution in [0.25, 0.3) is 10.2 Å². The molecule has 0 radical (unpaired) electrons. The number of aromatic nitrogens is 3. The average molecular weight is 358 g/mol. The van der Waals surface area contributed by atoms with Crippen molar-refractivity contribution in [2.75, 3.05) is 0 Å². The minimum absolute atomic E-state index is 0.0159. The first-order chi connectivity index (χ1) is 11.6. The van der Waals surface area contributed by atoms with E-state index >= 15 is 0 Å². The van der Waals surface area contributed by atoms with Gasteiger partial charge in [0.1, 0.15) is 11.4 Å². The van der Waals surface area contributed by atoms with Crippen molar-refractivity contribution in [1.29, 1.82) is 0 Å². The van der Waals surface area contributed by atoms with Gasteiger partial charge in [0.05, 0.1) is 15.5 Å². The SMILES string of the molecule is CC(C)[C@H](Sc1ncnc2ccsc12)C(=O)NCc1cccnc1. The molecule has 3 rings (SSSR count). The van der Waals surface area contributed by atoms with Crippen molar-refractivity contribution < 1.29 is 4.79 Å². The second-order valence-electron chi connectivity index (χ2n) is 5.68. The lowest BCUT2D eigenvalue weighted by Gasteiger charge is -2.19. The molecule has 0 aliphatic carbocycles. The molecule has 7 heteroatoms. The number of rotatable bonds is 6. The number of thiophene rings is 1. The zero-order chi connectivity index (χ0) is 16.9. The lowest BCUT2D eigenvalue weighted by atomic mass is 10.1. The molecule has 3 heterocycles. The highest BCUT2D eigenvalue weighted by atomic mass is 32.2. The number of carbonyl (C=O) groups excluding carboxylic acids is 1. The average Bonchev–Trinajstić information content (AvgIpc) is 3.07. The number of carbonyl (C=O) groups is 1. The molecular weight excluding hydrogens is 340 g/mol. The fourth-order valence-electron chi connectivity index (χ4n) is 2.26. The topological polar surface area (TPSA) is 67.8 Å². The van der Waals surface area contributed by atoms with E-state index in [9.17, 15) is 4.79 Å². The molecule has 1 N–H and O–H groups in total. The van der Waals surface area contributed by atoms with E-state index in [1.54, 1.807) is 30.1 Å². The van der Waals surface area contributed by atoms with E-state index in [4.69, 9.17) is 0 Å². The Balaban J connectivity index is 1.72. The molecule has 124 valence electrons. The maximum atomic E-state index is 12.6. The lowest BCUT2D eigenvalue weighted by molar-refractivity contribution is -0.121. The second-order valence-corrected chi connectivity index (χ2v) is 7.72. The summed E-state index contributed by atoms with van der Waals surface area (Å²) in [5.41, 5.74) is 1.91. The summed E-state index contributed by atoms with van der Waals surface area (Å²) < 4.78 is 1.04. The molecule has 3 aromatic rings. The van der Waals surface area contributed by atoms with Crippen molar-refractivity contribution in [3.05, 3.63) is 47.9 Å². The van der Waals surface area contributed by atoms with E-state index in [0.29, 0.717) is 6.54 Å². The van der Waals surface area contributed by atoms with Crippen molar-refractivity contribution in [2.45, 2.75) is 30.7 Å². The molecular formula is C17H18N4OS2. The van der Waals surface area contributed by atoms with Crippen LogP contribution in [0.1, 0.15) is 19.4 Å². The van der Waals surface area contributed by atoms with Crippen molar-refractivity contribution >= 4 is 39.2 Å². The van der Waals surface area contributed by atoms with Gasteiger partial charge in [-0.25, -0.2) is 9.97 Å². The minimum atomic E-state index is -0.207. The van der Waals surface area contributed by atoms with Crippen LogP contribution in [0.5, 0.6) is 0 Å². The maximum Gasteiger partial charge on any atom is 0.234 e. The van der Waals surface area contributed by atoms with E-state index in [1.165, 1.54) is 11.8 Å². The summed E-state index contributed by atoms with van der Waals surface area (Å²) in [6, 6.07) is 5.79. The Morgan fingerprint density at radius 3 is 2.96 bits per heavy atom. The van der Waals surface area contributed by atoms with Crippen LogP contribution in [0.3, 0.4) is 0 Å². The monoisotopic (exact) mass is 358 g/mol. The molecule has 0 fully saturated rings. The fraction of sp³-hybridized carbons (Fsp3) is 0.294. The Morgan fingerprint density at radius 2 is 2.21 bits per heavy atom. The van der Waals surface area contributed by atoms with Crippen molar-refractivity contribution in [1.82, 2.24) is 20.3 Å². The van der Waals surface area contributed by atoms with E-state index in [2.05, 4.69) is 20.3 Å². The molecule has 0 saturated heterocycles. The van der Waals surface area contributed by atoms with Gasteiger partial charge in [0, 0.05) is 18.9 Å². The van der Waals surface area contributed by atoms with Crippen molar-refractivity contribution in [3.63, 3.8) is 0 Å². The summed E-state index contributed by atoms with van der Waals surface area (Å²) in [5.74, 6) is 0.205. The van der Waals surface area contributed by atoms with Crippen molar-refractivity contribution in [2.24, 2.45) is 5.92 Å². The number of nitrogens with one attached hydrogen (secondary N) is 1. The van der Waals surface area contributed by atoms with Gasteiger partial charge in [-0.3, -0.25) is 9.78 Å². The number of nitrogens with zero attached hydrogens (tertiary/aromatic N) is 3. The molecule has 5 nitrogen and oxygen atoms in total. The van der Waals surface area contributed by atoms with Gasteiger partial charge >= 0.3 is 0 Å². The standard InChI is InChI=1S/C17H18N4OS2/c1-11(2)14(16(22)19-9-12-4-3-6-18-8-12)24-17-15-13(5-7-23-15)20-10-21-17/h3-8,10-11,14H,9H2,1-2H3,(H,19,22)/t14-/m0/s1. The number of pyridine rings is 1. The Kier molecular flexibility index (Phi) is 5.42. The fourth-order valence-corrected chi connectivity index (χ4v) is 4.29. The van der Waals surface area contributed by atoms with Crippen LogP contribution < -0.4 is 5.32 Å². The van der Waals surface area contributed by atoms with E-state index in [-0.39, 0.29) is 17.1 Å². The maximum absolute atomic E-state index is 12.6. The molecule has 0 spiro atoms. The van der Waals surface area contributed by atoms with Gasteiger partial charge in [-0.1, -0.05) is 31.7 Å². The largest absolute Gasteiger partial charge is 0.351 e. The van der Waals surface area contributed by atoms with Gasteiger partial charge in [-0.05, 0) is 29.0 Å². The summed E-state index contributed by atoms with van der Waals surface area (Å²) in [5, 5.41) is 5.66. The Morgan fingerprint density at radius 1 is 1.33 bits per heavy atom. The summed E-state index contributed by atoms with van der Waals surface area (Å²) in [4.78, 5) is 25.3. The number of thioether (sulfide) groups is 1. The minimum Gasteiger partial charge on any atom is -0.351 e. The molecule has 0 aliphatic rings. The molecule has 0 aliphatic heterocycles. The van der Waals surface area contributed by atoms with Gasteiger partial charge in [0.2, 0.25) is 5.91 Å². The smallest absolute Gasteiger partial charge is 0.234 e. The van der Waals surface area contributed by atoms with Gasteiger partial charge in [-0.15, -0.1) is 11.3 Å². The van der Waals surface area contributed by atoms with E-state index in [0.717, 1.165) is 20.8 Å². The van der Waals surface area contributed by atoms with Crippen LogP contribution in [0.2, 0.25) is 0 Å². The van der Waals surface area contributed by atoms with Crippen LogP contribution in [0, 0.1) is 5.92 Å². The number of hydrogen-bond donors (Lipinski definition) is 1. The van der Waals surface area contributed by atoms with Gasteiger partial charge in [0.25, 0.3) is 0 Å². The van der Waals surface area contributed by atoms with E-state index < -0.39 is 0 Å². The predicted octanol–water partition coefficient (Wildman–Crippen LogP) is 3.52. The van der Waals surface area contributed by atoms with Crippen LogP contribution in [-0.2, 0) is 11.3 Å². The molecule has 3 aromatic heterocycles. The van der Waals surface area contributed by atoms with Gasteiger partial charge in [0.15, 0.2) is 0 Å². The molecule has 1 amide bonds. The summed E-state index contributed by atoms with van der Waals surface area (Å²) in [6.07, 6.45) is 5.04. The first kappa shape index (κ1) is 16.9. The summed E-state index contributed by atoms with van der Waals surface area (Å²) in [6.45, 7) is 4.58. The molecule has 24 heavy (non-hydrogen) atoms. The van der Waals surface area contributed by atoms with Crippen LogP contribution in [-0.4, -0.2) is 26.1 Å². The third kappa shape index (κ3) is 3.91. The Hall–Kier alpha value is -1.99. The van der Waals surface area contributed by atoms with Crippen LogP contribution >= 0.6 is 23.1 Å². The Bertz CT molecular complexity index is 820. The first-order valence-corrected chi connectivity index (χ1v) is 9.42. The molecule has 0 saturated carbocycles. The quantitative estimate of drug-likeness (QED) is 0.539. The zero-order valence-electron chi connectivity index (χ0n) is 13.5. The van der Waals surface area contributed by atoms with Crippen LogP contribution in [0.4, 0.5) is 0 Å². The van der Waals surface area contributed by atoms with Crippen LogP contribution in [0.15, 0.2) is 47.3 Å². The Labute approximate surface area is 148 Å². The van der Waals surface area contributed by atoms with Crippen molar-refractivity contribution in [3.8, 4) is 0 Å². The highest BCUT2D eigenvalue weighted by molar-refractivity contribution is 8.00. The van der Waals surface area contributed by atoms with Gasteiger partial charge < -0.3 is 5.32 Å². The normalized spacial score (nSPS) is 12.5. The predicted molar refractivity (Wildman–Crippen MR) is 98.0 cm³/mol. The molecule has 1 atom stereocenters. The third-order valence-corrected chi connectivity index (χ3v) is 6.09. The number of fused-ring (bicyclic) bond motifs is 1. The highest BCUT2D eigenvalue weighted by Crippen LogP contribution is 2.33. The lowest BCUT2D eigenvalue weighted by Crippen LogP contribution is -2.35.